The molecule has 6 nitrogen and oxygen atoms in total. The van der Waals surface area contributed by atoms with Crippen LogP contribution in [0.3, 0.4) is 0 Å². The molecule has 0 fully saturated rings. The van der Waals surface area contributed by atoms with Crippen LogP contribution in [0.1, 0.15) is 44.6 Å². The first-order valence-electron chi connectivity index (χ1n) is 9.45. The summed E-state index contributed by atoms with van der Waals surface area (Å²) in [6.45, 7) is 7.71. The smallest absolute Gasteiger partial charge is 0.230 e. The summed E-state index contributed by atoms with van der Waals surface area (Å²) in [5, 5.41) is 12.6. The molecular weight excluding hydrogens is 358 g/mol. The molecule has 1 aromatic carbocycles. The Morgan fingerprint density at radius 1 is 1.22 bits per heavy atom. The van der Waals surface area contributed by atoms with Gasteiger partial charge in [-0.2, -0.15) is 0 Å². The van der Waals surface area contributed by atoms with Crippen LogP contribution in [0, 0.1) is 5.92 Å². The number of benzene rings is 1. The van der Waals surface area contributed by atoms with Crippen LogP contribution in [-0.2, 0) is 11.3 Å². The maximum absolute atomic E-state index is 12.1. The van der Waals surface area contributed by atoms with E-state index >= 15 is 0 Å². The molecule has 2 aromatic rings. The second-order valence-corrected chi connectivity index (χ2v) is 8.23. The lowest BCUT2D eigenvalue weighted by molar-refractivity contribution is -0.118. The van der Waals surface area contributed by atoms with Crippen molar-refractivity contribution in [2.45, 2.75) is 44.9 Å². The summed E-state index contributed by atoms with van der Waals surface area (Å²) in [6.07, 6.45) is 0.944. The molecule has 0 saturated heterocycles. The van der Waals surface area contributed by atoms with Gasteiger partial charge in [0.15, 0.2) is 11.0 Å². The molecule has 0 aliphatic carbocycles. The zero-order chi connectivity index (χ0) is 19.8. The number of nitrogens with one attached hydrogen (secondary N) is 1. The Hall–Kier alpha value is -1.86. The van der Waals surface area contributed by atoms with E-state index < -0.39 is 0 Å². The van der Waals surface area contributed by atoms with Gasteiger partial charge in [-0.1, -0.05) is 62.9 Å². The third-order valence-electron chi connectivity index (χ3n) is 4.28. The van der Waals surface area contributed by atoms with E-state index in [9.17, 15) is 4.79 Å². The molecule has 1 unspecified atom stereocenters. The first kappa shape index (κ1) is 21.4. The lowest BCUT2D eigenvalue weighted by atomic mass is 10.2. The van der Waals surface area contributed by atoms with Crippen LogP contribution < -0.4 is 5.32 Å². The van der Waals surface area contributed by atoms with Gasteiger partial charge in [0.05, 0.1) is 18.3 Å². The molecule has 0 saturated carbocycles. The molecule has 0 spiro atoms. The number of aromatic nitrogens is 3. The van der Waals surface area contributed by atoms with E-state index in [0.29, 0.717) is 24.8 Å². The Balaban J connectivity index is 2.20. The van der Waals surface area contributed by atoms with Crippen LogP contribution in [0.4, 0.5) is 0 Å². The standard InChI is InChI=1S/C20H31N5OS/c1-6-17(24(4)5)19-22-23-20(27-14-18(26)21-12-15(2)3)25(19)13-16-10-8-7-9-11-16/h7-11,15,17H,6,12-14H2,1-5H3,(H,21,26). The number of hydrogen-bond donors (Lipinski definition) is 1. The van der Waals surface area contributed by atoms with Crippen molar-refractivity contribution in [1.29, 1.82) is 0 Å². The van der Waals surface area contributed by atoms with Crippen molar-refractivity contribution in [1.82, 2.24) is 25.0 Å². The van der Waals surface area contributed by atoms with Gasteiger partial charge in [0.2, 0.25) is 5.91 Å². The third kappa shape index (κ3) is 6.36. The lowest BCUT2D eigenvalue weighted by Gasteiger charge is -2.23. The molecular formula is C20H31N5OS. The molecule has 148 valence electrons. The molecule has 0 bridgehead atoms. The Morgan fingerprint density at radius 2 is 1.93 bits per heavy atom. The summed E-state index contributed by atoms with van der Waals surface area (Å²) in [6, 6.07) is 10.5. The fourth-order valence-corrected chi connectivity index (χ4v) is 3.62. The minimum absolute atomic E-state index is 0.0316. The van der Waals surface area contributed by atoms with Crippen molar-refractivity contribution in [2.75, 3.05) is 26.4 Å². The number of thioether (sulfide) groups is 1. The Morgan fingerprint density at radius 3 is 2.52 bits per heavy atom. The Kier molecular flexibility index (Phi) is 8.31. The van der Waals surface area contributed by atoms with Gasteiger partial charge in [-0.05, 0) is 32.0 Å². The van der Waals surface area contributed by atoms with Crippen LogP contribution >= 0.6 is 11.8 Å². The SMILES string of the molecule is CCC(c1nnc(SCC(=O)NCC(C)C)n1Cc1ccccc1)N(C)C. The van der Waals surface area contributed by atoms with Gasteiger partial charge in [-0.15, -0.1) is 10.2 Å². The highest BCUT2D eigenvalue weighted by Crippen LogP contribution is 2.26. The van der Waals surface area contributed by atoms with E-state index in [0.717, 1.165) is 17.4 Å². The highest BCUT2D eigenvalue weighted by molar-refractivity contribution is 7.99. The molecule has 1 atom stereocenters. The summed E-state index contributed by atoms with van der Waals surface area (Å²) < 4.78 is 2.14. The van der Waals surface area contributed by atoms with Crippen LogP contribution in [0.5, 0.6) is 0 Å². The van der Waals surface area contributed by atoms with Crippen molar-refractivity contribution < 1.29 is 4.79 Å². The molecule has 0 aliphatic rings. The molecule has 2 rings (SSSR count). The van der Waals surface area contributed by atoms with Gasteiger partial charge in [-0.25, -0.2) is 0 Å². The predicted octanol–water partition coefficient (Wildman–Crippen LogP) is 3.20. The normalized spacial score (nSPS) is 12.6. The Labute approximate surface area is 166 Å². The van der Waals surface area contributed by atoms with Crippen LogP contribution in [0.15, 0.2) is 35.5 Å². The molecule has 1 N–H and O–H groups in total. The summed E-state index contributed by atoms with van der Waals surface area (Å²) in [5.41, 5.74) is 1.19. The molecule has 1 amide bonds. The van der Waals surface area contributed by atoms with Gasteiger partial charge in [0.25, 0.3) is 0 Å². The molecule has 0 radical (unpaired) electrons. The van der Waals surface area contributed by atoms with Gasteiger partial charge in [0.1, 0.15) is 0 Å². The highest BCUT2D eigenvalue weighted by atomic mass is 32.2. The number of rotatable bonds is 10. The third-order valence-corrected chi connectivity index (χ3v) is 5.24. The first-order chi connectivity index (χ1) is 12.9. The minimum Gasteiger partial charge on any atom is -0.355 e. The zero-order valence-corrected chi connectivity index (χ0v) is 17.8. The number of nitrogens with zero attached hydrogens (tertiary/aromatic N) is 4. The maximum atomic E-state index is 12.1. The average Bonchev–Trinajstić information content (AvgIpc) is 3.02. The van der Waals surface area contributed by atoms with Crippen molar-refractivity contribution in [3.63, 3.8) is 0 Å². The molecule has 1 aromatic heterocycles. The second-order valence-electron chi connectivity index (χ2n) is 7.29. The second kappa shape index (κ2) is 10.5. The fourth-order valence-electron chi connectivity index (χ4n) is 2.85. The number of amides is 1. The van der Waals surface area contributed by atoms with Crippen molar-refractivity contribution in [3.05, 3.63) is 41.7 Å². The van der Waals surface area contributed by atoms with Crippen LogP contribution in [0.2, 0.25) is 0 Å². The Bertz CT molecular complexity index is 714. The lowest BCUT2D eigenvalue weighted by Crippen LogP contribution is -2.29. The average molecular weight is 390 g/mol. The maximum Gasteiger partial charge on any atom is 0.230 e. The van der Waals surface area contributed by atoms with Gasteiger partial charge in [0, 0.05) is 6.54 Å². The summed E-state index contributed by atoms with van der Waals surface area (Å²) in [5.74, 6) is 1.76. The number of carbonyl (C=O) groups excluding carboxylic acids is 1. The van der Waals surface area contributed by atoms with Gasteiger partial charge in [-0.3, -0.25) is 9.69 Å². The van der Waals surface area contributed by atoms with E-state index in [4.69, 9.17) is 0 Å². The zero-order valence-electron chi connectivity index (χ0n) is 17.0. The van der Waals surface area contributed by atoms with Crippen molar-refractivity contribution >= 4 is 17.7 Å². The fraction of sp³-hybridized carbons (Fsp3) is 0.550. The van der Waals surface area contributed by atoms with Crippen LogP contribution in [-0.4, -0.2) is 52.0 Å². The largest absolute Gasteiger partial charge is 0.355 e. The first-order valence-corrected chi connectivity index (χ1v) is 10.4. The summed E-state index contributed by atoms with van der Waals surface area (Å²) in [4.78, 5) is 14.3. The van der Waals surface area contributed by atoms with E-state index in [2.05, 4.69) is 72.0 Å². The highest BCUT2D eigenvalue weighted by Gasteiger charge is 2.22. The molecule has 7 heteroatoms. The van der Waals surface area contributed by atoms with E-state index in [1.807, 2.05) is 18.2 Å². The van der Waals surface area contributed by atoms with Crippen molar-refractivity contribution in [3.8, 4) is 0 Å². The van der Waals surface area contributed by atoms with Crippen molar-refractivity contribution in [2.24, 2.45) is 5.92 Å². The monoisotopic (exact) mass is 389 g/mol. The number of carbonyl (C=O) groups is 1. The molecule has 1 heterocycles. The summed E-state index contributed by atoms with van der Waals surface area (Å²) >= 11 is 1.45. The molecule has 27 heavy (non-hydrogen) atoms. The molecule has 0 aliphatic heterocycles. The van der Waals surface area contributed by atoms with Gasteiger partial charge >= 0.3 is 0 Å². The van der Waals surface area contributed by atoms with E-state index in [1.54, 1.807) is 0 Å². The topological polar surface area (TPSA) is 63.1 Å². The summed E-state index contributed by atoms with van der Waals surface area (Å²) in [7, 11) is 4.11. The minimum atomic E-state index is 0.0316. The predicted molar refractivity (Wildman–Crippen MR) is 111 cm³/mol. The van der Waals surface area contributed by atoms with Crippen LogP contribution in [0.25, 0.3) is 0 Å². The number of hydrogen-bond acceptors (Lipinski definition) is 5. The van der Waals surface area contributed by atoms with E-state index in [-0.39, 0.29) is 11.9 Å². The van der Waals surface area contributed by atoms with E-state index in [1.165, 1.54) is 17.3 Å². The van der Waals surface area contributed by atoms with Gasteiger partial charge < -0.3 is 9.88 Å². The quantitative estimate of drug-likeness (QED) is 0.632.